The molecule has 0 N–H and O–H groups in total. The molecule has 2 rings (SSSR count). The number of rotatable bonds is 4. The Morgan fingerprint density at radius 3 is 2.74 bits per heavy atom. The van der Waals surface area contributed by atoms with Crippen molar-refractivity contribution in [2.45, 2.75) is 5.92 Å². The van der Waals surface area contributed by atoms with Crippen LogP contribution in [0.1, 0.15) is 11.5 Å². The number of ether oxygens (including phenoxy) is 1. The SMILES string of the molecule is COBN1C[C@@H](C(=O)OC)[C@H](c2ccccc2Br)C1. The normalized spacial score (nSPS) is 23.3. The molecule has 0 aromatic heterocycles. The average Bonchev–Trinajstić information content (AvgIpc) is 2.82. The molecule has 2 atom stereocenters. The van der Waals surface area contributed by atoms with Crippen molar-refractivity contribution >= 4 is 29.5 Å². The third-order valence-corrected chi connectivity index (χ3v) is 4.24. The van der Waals surface area contributed by atoms with Crippen LogP contribution in [0.2, 0.25) is 0 Å². The van der Waals surface area contributed by atoms with Crippen molar-refractivity contribution in [3.63, 3.8) is 0 Å². The Morgan fingerprint density at radius 1 is 1.37 bits per heavy atom. The van der Waals surface area contributed by atoms with Gasteiger partial charge >= 0.3 is 13.6 Å². The standard InChI is InChI=1S/C13H17BBrNO3/c1-18-13(17)11-8-16(14-19-2)7-10(11)9-5-3-4-6-12(9)15/h3-6,10-11,14H,7-8H2,1-2H3/t10-,11+/m0/s1. The highest BCUT2D eigenvalue weighted by molar-refractivity contribution is 9.10. The molecule has 0 aliphatic carbocycles. The number of carbonyl (C=O) groups excluding carboxylic acids is 1. The van der Waals surface area contributed by atoms with Gasteiger partial charge in [-0.25, -0.2) is 0 Å². The molecule has 102 valence electrons. The molecule has 0 radical (unpaired) electrons. The number of esters is 1. The van der Waals surface area contributed by atoms with Gasteiger partial charge in [-0.1, -0.05) is 34.1 Å². The van der Waals surface area contributed by atoms with E-state index in [1.807, 2.05) is 18.2 Å². The zero-order valence-corrected chi connectivity index (χ0v) is 12.7. The number of halogens is 1. The minimum absolute atomic E-state index is 0.137. The quantitative estimate of drug-likeness (QED) is 0.622. The Kier molecular flexibility index (Phi) is 5.02. The van der Waals surface area contributed by atoms with E-state index in [0.717, 1.165) is 16.6 Å². The molecule has 0 unspecified atom stereocenters. The zero-order valence-electron chi connectivity index (χ0n) is 11.1. The second-order valence-corrected chi connectivity index (χ2v) is 5.57. The third kappa shape index (κ3) is 3.19. The van der Waals surface area contributed by atoms with E-state index in [1.165, 1.54) is 7.11 Å². The summed E-state index contributed by atoms with van der Waals surface area (Å²) < 4.78 is 11.1. The summed E-state index contributed by atoms with van der Waals surface area (Å²) in [6, 6.07) is 8.03. The fourth-order valence-corrected chi connectivity index (χ4v) is 3.23. The highest BCUT2D eigenvalue weighted by Gasteiger charge is 2.39. The summed E-state index contributed by atoms with van der Waals surface area (Å²) >= 11 is 3.56. The molecule has 19 heavy (non-hydrogen) atoms. The fourth-order valence-electron chi connectivity index (χ4n) is 2.65. The maximum Gasteiger partial charge on any atom is 0.363 e. The molecule has 1 aromatic rings. The lowest BCUT2D eigenvalue weighted by Crippen LogP contribution is -2.28. The third-order valence-electron chi connectivity index (χ3n) is 3.52. The Labute approximate surface area is 122 Å². The number of hydrogen-bond donors (Lipinski definition) is 0. The van der Waals surface area contributed by atoms with Gasteiger partial charge in [0, 0.05) is 24.0 Å². The molecular weight excluding hydrogens is 309 g/mol. The predicted molar refractivity (Wildman–Crippen MR) is 78.1 cm³/mol. The first-order valence-electron chi connectivity index (χ1n) is 6.21. The maximum absolute atomic E-state index is 12.0. The number of carbonyl (C=O) groups is 1. The summed E-state index contributed by atoms with van der Waals surface area (Å²) in [5, 5.41) is 0. The van der Waals surface area contributed by atoms with Crippen LogP contribution in [-0.4, -0.2) is 45.7 Å². The minimum atomic E-state index is -0.153. The van der Waals surface area contributed by atoms with Crippen LogP contribution < -0.4 is 0 Å². The van der Waals surface area contributed by atoms with Crippen LogP contribution in [0.5, 0.6) is 0 Å². The topological polar surface area (TPSA) is 38.8 Å². The van der Waals surface area contributed by atoms with Crippen molar-refractivity contribution < 1.29 is 14.2 Å². The van der Waals surface area contributed by atoms with Crippen molar-refractivity contribution in [1.82, 2.24) is 4.81 Å². The Hall–Kier alpha value is -0.845. The van der Waals surface area contributed by atoms with Gasteiger partial charge in [0.25, 0.3) is 0 Å². The van der Waals surface area contributed by atoms with Gasteiger partial charge in [-0.2, -0.15) is 0 Å². The van der Waals surface area contributed by atoms with Crippen LogP contribution in [0.4, 0.5) is 0 Å². The molecule has 6 heteroatoms. The van der Waals surface area contributed by atoms with E-state index in [9.17, 15) is 4.79 Å². The van der Waals surface area contributed by atoms with Crippen molar-refractivity contribution in [3.05, 3.63) is 34.3 Å². The smallest absolute Gasteiger partial charge is 0.363 e. The van der Waals surface area contributed by atoms with Crippen LogP contribution >= 0.6 is 15.9 Å². The minimum Gasteiger partial charge on any atom is -0.469 e. The average molecular weight is 326 g/mol. The van der Waals surface area contributed by atoms with Crippen LogP contribution in [0.15, 0.2) is 28.7 Å². The second kappa shape index (κ2) is 6.54. The zero-order chi connectivity index (χ0) is 13.8. The molecule has 0 spiro atoms. The number of benzene rings is 1. The largest absolute Gasteiger partial charge is 0.469 e. The predicted octanol–water partition coefficient (Wildman–Crippen LogP) is 1.55. The highest BCUT2D eigenvalue weighted by Crippen LogP contribution is 2.36. The van der Waals surface area contributed by atoms with Crippen molar-refractivity contribution in [3.8, 4) is 0 Å². The first-order valence-corrected chi connectivity index (χ1v) is 7.00. The van der Waals surface area contributed by atoms with E-state index in [4.69, 9.17) is 9.39 Å². The molecule has 1 heterocycles. The van der Waals surface area contributed by atoms with Gasteiger partial charge < -0.3 is 14.2 Å². The Balaban J connectivity index is 2.25. The number of methoxy groups -OCH3 is 1. The van der Waals surface area contributed by atoms with E-state index < -0.39 is 0 Å². The highest BCUT2D eigenvalue weighted by atomic mass is 79.9. The summed E-state index contributed by atoms with van der Waals surface area (Å²) in [6.07, 6.45) is 0. The second-order valence-electron chi connectivity index (χ2n) is 4.71. The Morgan fingerprint density at radius 2 is 2.11 bits per heavy atom. The Bertz CT molecular complexity index is 457. The summed E-state index contributed by atoms with van der Waals surface area (Å²) in [5.41, 5.74) is 1.15. The molecule has 1 aliphatic heterocycles. The lowest BCUT2D eigenvalue weighted by atomic mass is 9.89. The van der Waals surface area contributed by atoms with E-state index in [1.54, 1.807) is 7.11 Å². The van der Waals surface area contributed by atoms with Crippen LogP contribution in [0, 0.1) is 5.92 Å². The van der Waals surface area contributed by atoms with Crippen LogP contribution in [-0.2, 0) is 14.2 Å². The number of nitrogens with zero attached hydrogens (tertiary/aromatic N) is 1. The van der Waals surface area contributed by atoms with E-state index in [0.29, 0.717) is 14.2 Å². The summed E-state index contributed by atoms with van der Waals surface area (Å²) in [5.74, 6) is -0.156. The molecule has 0 amide bonds. The van der Waals surface area contributed by atoms with Gasteiger partial charge in [-0.05, 0) is 18.2 Å². The molecular formula is C13H17BBrNO3. The first-order chi connectivity index (χ1) is 9.17. The van der Waals surface area contributed by atoms with Crippen LogP contribution in [0.3, 0.4) is 0 Å². The lowest BCUT2D eigenvalue weighted by molar-refractivity contribution is -0.145. The van der Waals surface area contributed by atoms with Crippen molar-refractivity contribution in [1.29, 1.82) is 0 Å². The van der Waals surface area contributed by atoms with E-state index in [2.05, 4.69) is 26.8 Å². The monoisotopic (exact) mass is 325 g/mol. The molecule has 0 bridgehead atoms. The van der Waals surface area contributed by atoms with Crippen LogP contribution in [0.25, 0.3) is 0 Å². The first kappa shape index (κ1) is 14.6. The van der Waals surface area contributed by atoms with Gasteiger partial charge in [0.1, 0.15) is 0 Å². The van der Waals surface area contributed by atoms with E-state index >= 15 is 0 Å². The maximum atomic E-state index is 12.0. The van der Waals surface area contributed by atoms with Gasteiger partial charge in [-0.15, -0.1) is 0 Å². The van der Waals surface area contributed by atoms with Gasteiger partial charge in [-0.3, -0.25) is 4.79 Å². The molecule has 1 aromatic carbocycles. The molecule has 4 nitrogen and oxygen atoms in total. The van der Waals surface area contributed by atoms with Gasteiger partial charge in [0.15, 0.2) is 0 Å². The van der Waals surface area contributed by atoms with E-state index in [-0.39, 0.29) is 17.8 Å². The molecule has 1 aliphatic rings. The summed E-state index contributed by atoms with van der Waals surface area (Å²) in [7, 11) is 3.64. The molecule has 0 saturated carbocycles. The summed E-state index contributed by atoms with van der Waals surface area (Å²) in [6.45, 7) is 1.47. The molecule has 1 saturated heterocycles. The van der Waals surface area contributed by atoms with Crippen molar-refractivity contribution in [2.75, 3.05) is 27.3 Å². The van der Waals surface area contributed by atoms with Gasteiger partial charge in [0.05, 0.1) is 13.0 Å². The summed E-state index contributed by atoms with van der Waals surface area (Å²) in [4.78, 5) is 14.1. The fraction of sp³-hybridized carbons (Fsp3) is 0.462. The lowest BCUT2D eigenvalue weighted by Gasteiger charge is -2.18. The van der Waals surface area contributed by atoms with Gasteiger partial charge in [0.2, 0.25) is 0 Å². The number of hydrogen-bond acceptors (Lipinski definition) is 4. The molecule has 1 fully saturated rings. The van der Waals surface area contributed by atoms with Crippen molar-refractivity contribution in [2.24, 2.45) is 5.92 Å².